The fraction of sp³-hybridized carbons (Fsp3) is 0.462. The fourth-order valence-electron chi connectivity index (χ4n) is 2.24. The standard InChI is InChI=1S/C13H16F2N2O2S/c14-12(15)20-11-5-1-3-9(7-11)16-13(19)17-6-2-4-10(17)8-18/h1,3,5,7,10,12,18H,2,4,6,8H2,(H,16,19). The second kappa shape index (κ2) is 6.90. The quantitative estimate of drug-likeness (QED) is 0.841. The number of anilines is 1. The lowest BCUT2D eigenvalue weighted by molar-refractivity contribution is 0.166. The Morgan fingerprint density at radius 2 is 2.35 bits per heavy atom. The molecule has 2 N–H and O–H groups in total. The van der Waals surface area contributed by atoms with E-state index in [4.69, 9.17) is 0 Å². The normalized spacial score (nSPS) is 18.6. The lowest BCUT2D eigenvalue weighted by Crippen LogP contribution is -2.40. The molecule has 0 aromatic heterocycles. The van der Waals surface area contributed by atoms with Crippen LogP contribution in [0.1, 0.15) is 12.8 Å². The Morgan fingerprint density at radius 3 is 3.05 bits per heavy atom. The smallest absolute Gasteiger partial charge is 0.322 e. The highest BCUT2D eigenvalue weighted by atomic mass is 32.2. The van der Waals surface area contributed by atoms with E-state index >= 15 is 0 Å². The Hall–Kier alpha value is -1.34. The van der Waals surface area contributed by atoms with Crippen LogP contribution < -0.4 is 5.32 Å². The first kappa shape index (κ1) is 15.1. The zero-order valence-corrected chi connectivity index (χ0v) is 11.6. The maximum Gasteiger partial charge on any atom is 0.322 e. The van der Waals surface area contributed by atoms with Crippen LogP contribution >= 0.6 is 11.8 Å². The summed E-state index contributed by atoms with van der Waals surface area (Å²) in [5, 5.41) is 11.9. The molecule has 1 aromatic rings. The van der Waals surface area contributed by atoms with E-state index in [1.807, 2.05) is 0 Å². The number of aliphatic hydroxyl groups excluding tert-OH is 1. The molecule has 0 spiro atoms. The lowest BCUT2D eigenvalue weighted by atomic mass is 10.2. The van der Waals surface area contributed by atoms with Gasteiger partial charge in [0.05, 0.1) is 12.6 Å². The summed E-state index contributed by atoms with van der Waals surface area (Å²) in [5.74, 6) is -2.49. The average Bonchev–Trinajstić information content (AvgIpc) is 2.86. The molecular formula is C13H16F2N2O2S. The van der Waals surface area contributed by atoms with Gasteiger partial charge in [0.1, 0.15) is 0 Å². The van der Waals surface area contributed by atoms with E-state index in [9.17, 15) is 18.7 Å². The minimum Gasteiger partial charge on any atom is -0.394 e. The molecule has 1 aliphatic rings. The number of carbonyl (C=O) groups excluding carboxylic acids is 1. The minimum atomic E-state index is -2.49. The molecule has 0 aliphatic carbocycles. The highest BCUT2D eigenvalue weighted by Crippen LogP contribution is 2.27. The highest BCUT2D eigenvalue weighted by molar-refractivity contribution is 7.99. The number of likely N-dealkylation sites (tertiary alicyclic amines) is 1. The van der Waals surface area contributed by atoms with Crippen molar-refractivity contribution in [1.29, 1.82) is 0 Å². The predicted octanol–water partition coefficient (Wildman–Crippen LogP) is 2.99. The van der Waals surface area contributed by atoms with Crippen molar-refractivity contribution in [1.82, 2.24) is 4.90 Å². The van der Waals surface area contributed by atoms with Crippen LogP contribution in [0.5, 0.6) is 0 Å². The van der Waals surface area contributed by atoms with Crippen molar-refractivity contribution in [2.75, 3.05) is 18.5 Å². The summed E-state index contributed by atoms with van der Waals surface area (Å²) in [7, 11) is 0. The third kappa shape index (κ3) is 3.83. The number of hydrogen-bond acceptors (Lipinski definition) is 3. The maximum absolute atomic E-state index is 12.3. The van der Waals surface area contributed by atoms with Crippen molar-refractivity contribution >= 4 is 23.5 Å². The van der Waals surface area contributed by atoms with E-state index in [0.29, 0.717) is 28.9 Å². The molecule has 0 saturated carbocycles. The molecule has 1 aromatic carbocycles. The molecule has 4 nitrogen and oxygen atoms in total. The van der Waals surface area contributed by atoms with Crippen LogP contribution in [0, 0.1) is 0 Å². The summed E-state index contributed by atoms with van der Waals surface area (Å²) >= 11 is 0.439. The highest BCUT2D eigenvalue weighted by Gasteiger charge is 2.28. The van der Waals surface area contributed by atoms with Crippen LogP contribution in [-0.2, 0) is 0 Å². The second-order valence-corrected chi connectivity index (χ2v) is 5.57. The number of thioether (sulfide) groups is 1. The van der Waals surface area contributed by atoms with Crippen molar-refractivity contribution in [2.24, 2.45) is 0 Å². The molecule has 20 heavy (non-hydrogen) atoms. The zero-order chi connectivity index (χ0) is 14.5. The Bertz CT molecular complexity index is 473. The number of nitrogens with zero attached hydrogens (tertiary/aromatic N) is 1. The Morgan fingerprint density at radius 1 is 1.55 bits per heavy atom. The van der Waals surface area contributed by atoms with Gasteiger partial charge in [-0.05, 0) is 31.0 Å². The van der Waals surface area contributed by atoms with E-state index in [1.165, 1.54) is 6.07 Å². The molecule has 110 valence electrons. The van der Waals surface area contributed by atoms with Crippen LogP contribution in [-0.4, -0.2) is 41.0 Å². The van der Waals surface area contributed by atoms with E-state index in [-0.39, 0.29) is 18.7 Å². The molecule has 1 heterocycles. The molecule has 2 amide bonds. The fourth-order valence-corrected chi connectivity index (χ4v) is 2.80. The Kier molecular flexibility index (Phi) is 5.19. The SMILES string of the molecule is O=C(Nc1cccc(SC(F)F)c1)N1CCCC1CO. The van der Waals surface area contributed by atoms with Gasteiger partial charge in [0.15, 0.2) is 0 Å². The molecule has 1 unspecified atom stereocenters. The van der Waals surface area contributed by atoms with Gasteiger partial charge in [-0.25, -0.2) is 4.79 Å². The number of carbonyl (C=O) groups is 1. The van der Waals surface area contributed by atoms with Crippen LogP contribution in [0.2, 0.25) is 0 Å². The molecule has 2 rings (SSSR count). The third-order valence-electron chi connectivity index (χ3n) is 3.16. The monoisotopic (exact) mass is 302 g/mol. The molecule has 0 radical (unpaired) electrons. The predicted molar refractivity (Wildman–Crippen MR) is 74.1 cm³/mol. The van der Waals surface area contributed by atoms with Gasteiger partial charge in [0.25, 0.3) is 5.76 Å². The summed E-state index contributed by atoms with van der Waals surface area (Å²) in [4.78, 5) is 14.0. The van der Waals surface area contributed by atoms with Crippen LogP contribution in [0.3, 0.4) is 0 Å². The Balaban J connectivity index is 2.00. The molecule has 1 saturated heterocycles. The van der Waals surface area contributed by atoms with Gasteiger partial charge < -0.3 is 15.3 Å². The summed E-state index contributed by atoms with van der Waals surface area (Å²) < 4.78 is 24.6. The van der Waals surface area contributed by atoms with Crippen molar-refractivity contribution < 1.29 is 18.7 Å². The topological polar surface area (TPSA) is 52.6 Å². The van der Waals surface area contributed by atoms with Gasteiger partial charge in [-0.1, -0.05) is 17.8 Å². The number of alkyl halides is 2. The minimum absolute atomic E-state index is 0.0608. The number of nitrogens with one attached hydrogen (secondary N) is 1. The van der Waals surface area contributed by atoms with Crippen molar-refractivity contribution in [2.45, 2.75) is 29.5 Å². The van der Waals surface area contributed by atoms with E-state index in [1.54, 1.807) is 23.1 Å². The molecule has 1 atom stereocenters. The number of amides is 2. The molecule has 7 heteroatoms. The number of hydrogen-bond donors (Lipinski definition) is 2. The van der Waals surface area contributed by atoms with Gasteiger partial charge in [-0.15, -0.1) is 0 Å². The van der Waals surface area contributed by atoms with E-state index in [0.717, 1.165) is 12.8 Å². The number of urea groups is 1. The van der Waals surface area contributed by atoms with Crippen LogP contribution in [0.4, 0.5) is 19.3 Å². The summed E-state index contributed by atoms with van der Waals surface area (Å²) in [6.07, 6.45) is 1.64. The van der Waals surface area contributed by atoms with Gasteiger partial charge in [-0.3, -0.25) is 0 Å². The van der Waals surface area contributed by atoms with E-state index in [2.05, 4.69) is 5.32 Å². The first-order chi connectivity index (χ1) is 9.60. The zero-order valence-electron chi connectivity index (χ0n) is 10.8. The average molecular weight is 302 g/mol. The van der Waals surface area contributed by atoms with E-state index < -0.39 is 5.76 Å². The molecule has 0 bridgehead atoms. The number of benzene rings is 1. The summed E-state index contributed by atoms with van der Waals surface area (Å²) in [5.41, 5.74) is 0.476. The third-order valence-corrected chi connectivity index (χ3v) is 3.86. The van der Waals surface area contributed by atoms with Crippen molar-refractivity contribution in [3.05, 3.63) is 24.3 Å². The number of halogens is 2. The Labute approximate surface area is 120 Å². The van der Waals surface area contributed by atoms with Gasteiger partial charge in [0.2, 0.25) is 0 Å². The van der Waals surface area contributed by atoms with Crippen LogP contribution in [0.15, 0.2) is 29.2 Å². The summed E-state index contributed by atoms with van der Waals surface area (Å²) in [6.45, 7) is 0.539. The van der Waals surface area contributed by atoms with Gasteiger partial charge in [-0.2, -0.15) is 8.78 Å². The maximum atomic E-state index is 12.3. The van der Waals surface area contributed by atoms with Gasteiger partial charge >= 0.3 is 6.03 Å². The molecule has 1 fully saturated rings. The number of rotatable bonds is 4. The molecular weight excluding hydrogens is 286 g/mol. The van der Waals surface area contributed by atoms with Gasteiger partial charge in [0, 0.05) is 17.1 Å². The van der Waals surface area contributed by atoms with Crippen molar-refractivity contribution in [3.8, 4) is 0 Å². The second-order valence-electron chi connectivity index (χ2n) is 4.51. The molecule has 1 aliphatic heterocycles. The van der Waals surface area contributed by atoms with Crippen molar-refractivity contribution in [3.63, 3.8) is 0 Å². The summed E-state index contributed by atoms with van der Waals surface area (Å²) in [6, 6.07) is 5.89. The lowest BCUT2D eigenvalue weighted by Gasteiger charge is -2.23. The van der Waals surface area contributed by atoms with Crippen LogP contribution in [0.25, 0.3) is 0 Å². The largest absolute Gasteiger partial charge is 0.394 e. The first-order valence-corrected chi connectivity index (χ1v) is 7.21. The first-order valence-electron chi connectivity index (χ1n) is 6.33. The number of aliphatic hydroxyl groups is 1.